The molecule has 1 aromatic heterocycles. The highest BCUT2D eigenvalue weighted by Crippen LogP contribution is 2.48. The molecule has 11 heteroatoms. The summed E-state index contributed by atoms with van der Waals surface area (Å²) in [5, 5.41) is 5.69. The second kappa shape index (κ2) is 8.41. The number of methoxy groups -OCH3 is 1. The summed E-state index contributed by atoms with van der Waals surface area (Å²) in [6, 6.07) is 2.75. The zero-order valence-electron chi connectivity index (χ0n) is 17.5. The van der Waals surface area contributed by atoms with Gasteiger partial charge in [0.05, 0.1) is 12.7 Å². The molecule has 6 nitrogen and oxygen atoms in total. The highest BCUT2D eigenvalue weighted by Gasteiger charge is 2.56. The number of alkyl halides is 2. The molecule has 5 rings (SSSR count). The Balaban J connectivity index is 1.57. The molecule has 2 aromatic rings. The Morgan fingerprint density at radius 2 is 2.24 bits per heavy atom. The van der Waals surface area contributed by atoms with E-state index in [2.05, 4.69) is 15.3 Å². The van der Waals surface area contributed by atoms with Crippen LogP contribution in [0, 0.1) is 11.7 Å². The number of carbonyl (C=O) groups is 1. The van der Waals surface area contributed by atoms with Crippen LogP contribution in [0.3, 0.4) is 0 Å². The largest absolute Gasteiger partial charge is 0.466 e. The lowest BCUT2D eigenvalue weighted by molar-refractivity contribution is -0.136. The third-order valence-corrected chi connectivity index (χ3v) is 7.52. The number of thiazole rings is 1. The number of ether oxygens (including phenoxy) is 1. The Morgan fingerprint density at radius 3 is 2.85 bits per heavy atom. The van der Waals surface area contributed by atoms with Gasteiger partial charge in [-0.05, 0) is 18.6 Å². The summed E-state index contributed by atoms with van der Waals surface area (Å²) >= 11 is 7.69. The Morgan fingerprint density at radius 1 is 1.42 bits per heavy atom. The SMILES string of the molecule is COC(=O)C1=C(CN2CC3CC2CC3(F)F)NC(c2nccs2)=NC1c1ccc(F)cc1Cl. The van der Waals surface area contributed by atoms with Crippen LogP contribution in [0.25, 0.3) is 0 Å². The molecule has 1 aliphatic carbocycles. The number of fused-ring (bicyclic) bond motifs is 2. The van der Waals surface area contributed by atoms with E-state index in [0.29, 0.717) is 28.5 Å². The minimum Gasteiger partial charge on any atom is -0.466 e. The lowest BCUT2D eigenvalue weighted by Gasteiger charge is -2.34. The normalized spacial score (nSPS) is 26.3. The van der Waals surface area contributed by atoms with Gasteiger partial charge in [0.25, 0.3) is 5.92 Å². The number of halogens is 4. The van der Waals surface area contributed by atoms with Crippen LogP contribution in [-0.4, -0.2) is 53.9 Å². The van der Waals surface area contributed by atoms with E-state index >= 15 is 0 Å². The minimum absolute atomic E-state index is 0.116. The zero-order valence-corrected chi connectivity index (χ0v) is 19.1. The molecular formula is C22H20ClF3N4O2S. The summed E-state index contributed by atoms with van der Waals surface area (Å²) in [6.45, 7) is 0.477. The molecule has 2 aliphatic heterocycles. The first-order valence-corrected chi connectivity index (χ1v) is 11.7. The van der Waals surface area contributed by atoms with Crippen molar-refractivity contribution in [2.45, 2.75) is 30.8 Å². The second-order valence-corrected chi connectivity index (χ2v) is 9.67. The lowest BCUT2D eigenvalue weighted by atomic mass is 9.95. The highest BCUT2D eigenvalue weighted by atomic mass is 35.5. The van der Waals surface area contributed by atoms with Crippen molar-refractivity contribution >= 4 is 34.7 Å². The number of esters is 1. The molecule has 3 aliphatic rings. The summed E-state index contributed by atoms with van der Waals surface area (Å²) in [7, 11) is 1.26. The Labute approximate surface area is 197 Å². The molecular weight excluding hydrogens is 477 g/mol. The molecule has 3 heterocycles. The molecule has 0 radical (unpaired) electrons. The van der Waals surface area contributed by atoms with E-state index in [1.807, 2.05) is 4.90 Å². The molecule has 1 saturated heterocycles. The lowest BCUT2D eigenvalue weighted by Crippen LogP contribution is -2.45. The fourth-order valence-corrected chi connectivity index (χ4v) is 5.71. The van der Waals surface area contributed by atoms with Crippen LogP contribution in [0.4, 0.5) is 13.2 Å². The van der Waals surface area contributed by atoms with E-state index in [4.69, 9.17) is 16.3 Å². The van der Waals surface area contributed by atoms with Crippen LogP contribution in [0.1, 0.15) is 29.5 Å². The van der Waals surface area contributed by atoms with E-state index in [9.17, 15) is 18.0 Å². The Bertz CT molecular complexity index is 1150. The molecule has 1 N–H and O–H groups in total. The number of amidine groups is 1. The van der Waals surface area contributed by atoms with Crippen LogP contribution < -0.4 is 5.32 Å². The first kappa shape index (κ1) is 22.4. The maximum absolute atomic E-state index is 14.1. The van der Waals surface area contributed by atoms with Gasteiger partial charge >= 0.3 is 5.97 Å². The molecule has 2 fully saturated rings. The Hall–Kier alpha value is -2.43. The number of likely N-dealkylation sites (tertiary alicyclic amines) is 1. The molecule has 3 unspecified atom stereocenters. The summed E-state index contributed by atoms with van der Waals surface area (Å²) in [4.78, 5) is 23.9. The molecule has 1 aromatic carbocycles. The molecule has 2 bridgehead atoms. The van der Waals surface area contributed by atoms with Gasteiger partial charge in [0.15, 0.2) is 10.8 Å². The van der Waals surface area contributed by atoms with Crippen LogP contribution >= 0.6 is 22.9 Å². The van der Waals surface area contributed by atoms with Gasteiger partial charge in [-0.25, -0.2) is 22.9 Å². The van der Waals surface area contributed by atoms with Crippen molar-refractivity contribution in [3.8, 4) is 0 Å². The van der Waals surface area contributed by atoms with Gasteiger partial charge in [-0.1, -0.05) is 17.7 Å². The second-order valence-electron chi connectivity index (χ2n) is 8.37. The van der Waals surface area contributed by atoms with E-state index < -0.39 is 29.7 Å². The van der Waals surface area contributed by atoms with Crippen molar-refractivity contribution in [1.82, 2.24) is 15.2 Å². The standard InChI is InChI=1S/C22H20ClF3N4O2S/c1-32-21(31)17-16(10-30-9-11-6-13(30)8-22(11,25)26)28-19(20-27-4-5-33-20)29-18(17)14-3-2-12(24)7-15(14)23/h2-5,7,11,13,18H,6,8-10H2,1H3,(H,28,29). The number of aliphatic imine (C=N–C) groups is 1. The van der Waals surface area contributed by atoms with E-state index in [-0.39, 0.29) is 36.1 Å². The van der Waals surface area contributed by atoms with Gasteiger partial charge in [-0.15, -0.1) is 11.3 Å². The van der Waals surface area contributed by atoms with Crippen molar-refractivity contribution < 1.29 is 22.7 Å². The topological polar surface area (TPSA) is 66.8 Å². The van der Waals surface area contributed by atoms with Gasteiger partial charge in [-0.3, -0.25) is 9.89 Å². The van der Waals surface area contributed by atoms with Crippen molar-refractivity contribution in [2.75, 3.05) is 20.2 Å². The molecule has 0 amide bonds. The predicted octanol–water partition coefficient (Wildman–Crippen LogP) is 4.18. The fourth-order valence-electron chi connectivity index (χ4n) is 4.85. The third kappa shape index (κ3) is 4.04. The monoisotopic (exact) mass is 496 g/mol. The average Bonchev–Trinajstić information content (AvgIpc) is 3.49. The van der Waals surface area contributed by atoms with Crippen LogP contribution in [0.2, 0.25) is 5.02 Å². The number of aromatic nitrogens is 1. The number of hydrogen-bond acceptors (Lipinski definition) is 7. The van der Waals surface area contributed by atoms with Crippen molar-refractivity contribution in [2.24, 2.45) is 10.9 Å². The average molecular weight is 497 g/mol. The summed E-state index contributed by atoms with van der Waals surface area (Å²) in [5.74, 6) is -4.06. The van der Waals surface area contributed by atoms with E-state index in [0.717, 1.165) is 6.07 Å². The number of hydrogen-bond donors (Lipinski definition) is 1. The van der Waals surface area contributed by atoms with E-state index in [1.54, 1.807) is 11.6 Å². The van der Waals surface area contributed by atoms with Crippen molar-refractivity contribution in [3.63, 3.8) is 0 Å². The van der Waals surface area contributed by atoms with Crippen LogP contribution in [0.15, 0.2) is 46.0 Å². The fraction of sp³-hybridized carbons (Fsp3) is 0.409. The van der Waals surface area contributed by atoms with Crippen LogP contribution in [0.5, 0.6) is 0 Å². The van der Waals surface area contributed by atoms with Gasteiger partial charge < -0.3 is 10.1 Å². The van der Waals surface area contributed by atoms with Gasteiger partial charge in [0.1, 0.15) is 11.9 Å². The number of nitrogens with one attached hydrogen (secondary N) is 1. The summed E-state index contributed by atoms with van der Waals surface area (Å²) in [6.07, 6.45) is 1.86. The number of nitrogens with zero attached hydrogens (tertiary/aromatic N) is 3. The molecule has 3 atom stereocenters. The summed E-state index contributed by atoms with van der Waals surface area (Å²) < 4.78 is 46.9. The van der Waals surface area contributed by atoms with Gasteiger partial charge in [0, 0.05) is 59.3 Å². The minimum atomic E-state index is -2.65. The van der Waals surface area contributed by atoms with Crippen LogP contribution in [-0.2, 0) is 9.53 Å². The number of benzene rings is 1. The van der Waals surface area contributed by atoms with Crippen molar-refractivity contribution in [1.29, 1.82) is 0 Å². The highest BCUT2D eigenvalue weighted by molar-refractivity contribution is 7.11. The number of rotatable bonds is 5. The number of piperidine rings is 1. The maximum atomic E-state index is 14.1. The summed E-state index contributed by atoms with van der Waals surface area (Å²) in [5.41, 5.74) is 1.13. The molecule has 1 saturated carbocycles. The maximum Gasteiger partial charge on any atom is 0.338 e. The zero-order chi connectivity index (χ0) is 23.3. The van der Waals surface area contributed by atoms with Gasteiger partial charge in [-0.2, -0.15) is 0 Å². The third-order valence-electron chi connectivity index (χ3n) is 6.42. The van der Waals surface area contributed by atoms with Gasteiger partial charge in [0.2, 0.25) is 0 Å². The molecule has 33 heavy (non-hydrogen) atoms. The predicted molar refractivity (Wildman–Crippen MR) is 118 cm³/mol. The quantitative estimate of drug-likeness (QED) is 0.629. The smallest absolute Gasteiger partial charge is 0.338 e. The Kier molecular flexibility index (Phi) is 5.70. The molecule has 0 spiro atoms. The first-order valence-electron chi connectivity index (χ1n) is 10.4. The first-order chi connectivity index (χ1) is 15.8. The van der Waals surface area contributed by atoms with Crippen molar-refractivity contribution in [3.05, 3.63) is 62.5 Å². The molecule has 174 valence electrons. The van der Waals surface area contributed by atoms with E-state index in [1.165, 1.54) is 30.6 Å². The number of carbonyl (C=O) groups excluding carboxylic acids is 1.